The van der Waals surface area contributed by atoms with Gasteiger partial charge >= 0.3 is 0 Å². The molecule has 25 heavy (non-hydrogen) atoms. The van der Waals surface area contributed by atoms with E-state index in [1.54, 1.807) is 23.1 Å². The van der Waals surface area contributed by atoms with Crippen LogP contribution < -0.4 is 0 Å². The third kappa shape index (κ3) is 4.08. The number of rotatable bonds is 4. The van der Waals surface area contributed by atoms with E-state index in [0.29, 0.717) is 29.6 Å². The smallest absolute Gasteiger partial charge is 0.269 e. The molecule has 1 aliphatic heterocycles. The number of hydrogen-bond acceptors (Lipinski definition) is 5. The summed E-state index contributed by atoms with van der Waals surface area (Å²) in [5.74, 6) is 0.413. The molecule has 0 atom stereocenters. The van der Waals surface area contributed by atoms with Crippen LogP contribution >= 0.6 is 27.7 Å². The van der Waals surface area contributed by atoms with Gasteiger partial charge in [-0.1, -0.05) is 36.0 Å². The van der Waals surface area contributed by atoms with Gasteiger partial charge in [0.1, 0.15) is 0 Å². The largest absolute Gasteiger partial charge is 0.286 e. The van der Waals surface area contributed by atoms with Crippen molar-refractivity contribution < 1.29 is 9.72 Å². The molecule has 2 aromatic rings. The van der Waals surface area contributed by atoms with E-state index in [1.807, 2.05) is 24.3 Å². The fourth-order valence-electron chi connectivity index (χ4n) is 2.43. The first-order valence-corrected chi connectivity index (χ1v) is 9.31. The third-order valence-corrected chi connectivity index (χ3v) is 5.42. The Labute approximate surface area is 157 Å². The molecular formula is C17H14BrN3O3S. The first-order chi connectivity index (χ1) is 12.1. The van der Waals surface area contributed by atoms with Crippen LogP contribution in [-0.4, -0.2) is 34.0 Å². The second kappa shape index (κ2) is 7.79. The molecule has 0 saturated heterocycles. The number of benzene rings is 2. The Kier molecular flexibility index (Phi) is 5.50. The van der Waals surface area contributed by atoms with Crippen LogP contribution in [0.25, 0.3) is 0 Å². The summed E-state index contributed by atoms with van der Waals surface area (Å²) < 4.78 is 0.745. The van der Waals surface area contributed by atoms with E-state index in [2.05, 4.69) is 20.9 Å². The lowest BCUT2D eigenvalue weighted by Gasteiger charge is -2.18. The molecule has 0 radical (unpaired) electrons. The maximum Gasteiger partial charge on any atom is 0.269 e. The molecule has 128 valence electrons. The van der Waals surface area contributed by atoms with Crippen molar-refractivity contribution in [2.24, 2.45) is 4.99 Å². The Morgan fingerprint density at radius 1 is 1.28 bits per heavy atom. The standard InChI is InChI=1S/C17H14BrN3O3S/c18-15-7-2-1-6-14(15)16(22)20-9-8-19-17(20)25-11-12-4-3-5-13(10-12)21(23)24/h1-7,10H,8-9,11H2. The highest BCUT2D eigenvalue weighted by molar-refractivity contribution is 9.10. The molecule has 0 aromatic heterocycles. The lowest BCUT2D eigenvalue weighted by atomic mass is 10.2. The second-order valence-electron chi connectivity index (χ2n) is 5.32. The van der Waals surface area contributed by atoms with Crippen molar-refractivity contribution in [3.63, 3.8) is 0 Å². The number of nitro benzene ring substituents is 1. The number of hydrogen-bond donors (Lipinski definition) is 0. The summed E-state index contributed by atoms with van der Waals surface area (Å²) in [5, 5.41) is 11.5. The molecule has 2 aromatic carbocycles. The summed E-state index contributed by atoms with van der Waals surface area (Å²) in [7, 11) is 0. The van der Waals surface area contributed by atoms with Crippen molar-refractivity contribution in [3.8, 4) is 0 Å². The Hall–Kier alpha value is -2.19. The van der Waals surface area contributed by atoms with Gasteiger partial charge in [0.25, 0.3) is 11.6 Å². The fourth-order valence-corrected chi connectivity index (χ4v) is 3.87. The molecule has 0 bridgehead atoms. The van der Waals surface area contributed by atoms with Gasteiger partial charge in [-0.15, -0.1) is 0 Å². The first-order valence-electron chi connectivity index (χ1n) is 7.53. The minimum absolute atomic E-state index is 0.0626. The zero-order valence-electron chi connectivity index (χ0n) is 13.1. The van der Waals surface area contributed by atoms with Crippen LogP contribution in [0.4, 0.5) is 5.69 Å². The van der Waals surface area contributed by atoms with Crippen molar-refractivity contribution in [1.82, 2.24) is 4.90 Å². The minimum Gasteiger partial charge on any atom is -0.286 e. The normalized spacial score (nSPS) is 13.6. The number of carbonyl (C=O) groups excluding carboxylic acids is 1. The van der Waals surface area contributed by atoms with E-state index in [1.165, 1.54) is 17.8 Å². The van der Waals surface area contributed by atoms with Gasteiger partial charge in [0.2, 0.25) is 0 Å². The van der Waals surface area contributed by atoms with Gasteiger partial charge in [0, 0.05) is 28.9 Å². The van der Waals surface area contributed by atoms with Crippen LogP contribution in [0.15, 0.2) is 58.0 Å². The summed E-state index contributed by atoms with van der Waals surface area (Å²) in [6.45, 7) is 1.10. The van der Waals surface area contributed by atoms with Crippen LogP contribution in [0.1, 0.15) is 15.9 Å². The number of thioether (sulfide) groups is 1. The molecule has 0 N–H and O–H groups in total. The molecule has 0 spiro atoms. The zero-order chi connectivity index (χ0) is 17.8. The maximum absolute atomic E-state index is 12.7. The van der Waals surface area contributed by atoms with Crippen molar-refractivity contribution in [3.05, 3.63) is 74.2 Å². The lowest BCUT2D eigenvalue weighted by molar-refractivity contribution is -0.384. The van der Waals surface area contributed by atoms with E-state index in [4.69, 9.17) is 0 Å². The predicted octanol–water partition coefficient (Wildman–Crippen LogP) is 4.10. The molecule has 1 heterocycles. The van der Waals surface area contributed by atoms with Crippen LogP contribution in [-0.2, 0) is 5.75 Å². The Bertz CT molecular complexity index is 857. The third-order valence-electron chi connectivity index (χ3n) is 3.64. The molecule has 1 aliphatic rings. The molecule has 0 unspecified atom stereocenters. The van der Waals surface area contributed by atoms with Gasteiger partial charge in [0.05, 0.1) is 17.0 Å². The fraction of sp³-hybridized carbons (Fsp3) is 0.176. The van der Waals surface area contributed by atoms with Gasteiger partial charge in [-0.3, -0.25) is 24.8 Å². The van der Waals surface area contributed by atoms with Gasteiger partial charge in [0.15, 0.2) is 5.17 Å². The van der Waals surface area contributed by atoms with Gasteiger partial charge < -0.3 is 0 Å². The monoisotopic (exact) mass is 419 g/mol. The topological polar surface area (TPSA) is 75.8 Å². The van der Waals surface area contributed by atoms with Crippen molar-refractivity contribution in [1.29, 1.82) is 0 Å². The Morgan fingerprint density at radius 2 is 2.08 bits per heavy atom. The minimum atomic E-state index is -0.413. The number of amides is 1. The van der Waals surface area contributed by atoms with Crippen molar-refractivity contribution >= 4 is 44.5 Å². The predicted molar refractivity (Wildman–Crippen MR) is 102 cm³/mol. The van der Waals surface area contributed by atoms with E-state index in [9.17, 15) is 14.9 Å². The van der Waals surface area contributed by atoms with Crippen LogP contribution in [0.5, 0.6) is 0 Å². The maximum atomic E-state index is 12.7. The first kappa shape index (κ1) is 17.6. The molecule has 1 amide bonds. The van der Waals surface area contributed by atoms with Gasteiger partial charge in [-0.05, 0) is 33.6 Å². The van der Waals surface area contributed by atoms with E-state index >= 15 is 0 Å². The zero-order valence-corrected chi connectivity index (χ0v) is 15.5. The highest BCUT2D eigenvalue weighted by atomic mass is 79.9. The molecule has 0 fully saturated rings. The summed E-state index contributed by atoms with van der Waals surface area (Å²) in [5.41, 5.74) is 1.47. The summed E-state index contributed by atoms with van der Waals surface area (Å²) in [6.07, 6.45) is 0. The molecule has 3 rings (SSSR count). The summed E-state index contributed by atoms with van der Waals surface area (Å²) in [6, 6.07) is 13.8. The highest BCUT2D eigenvalue weighted by Crippen LogP contribution is 2.25. The number of amidine groups is 1. The highest BCUT2D eigenvalue weighted by Gasteiger charge is 2.26. The number of nitro groups is 1. The molecule has 8 heteroatoms. The SMILES string of the molecule is O=C(c1ccccc1Br)N1CCN=C1SCc1cccc([N+](=O)[O-])c1. The molecular weight excluding hydrogens is 406 g/mol. The summed E-state index contributed by atoms with van der Waals surface area (Å²) >= 11 is 4.81. The average molecular weight is 420 g/mol. The number of non-ortho nitro benzene ring substituents is 1. The number of aliphatic imine (C=N–C) groups is 1. The van der Waals surface area contributed by atoms with Crippen molar-refractivity contribution in [2.45, 2.75) is 5.75 Å². The van der Waals surface area contributed by atoms with E-state index in [-0.39, 0.29) is 11.6 Å². The Morgan fingerprint density at radius 3 is 2.84 bits per heavy atom. The number of carbonyl (C=O) groups is 1. The van der Waals surface area contributed by atoms with Crippen LogP contribution in [0.2, 0.25) is 0 Å². The second-order valence-corrected chi connectivity index (χ2v) is 7.11. The number of nitrogens with zero attached hydrogens (tertiary/aromatic N) is 3. The molecule has 0 saturated carbocycles. The average Bonchev–Trinajstić information content (AvgIpc) is 3.08. The molecule has 0 aliphatic carbocycles. The van der Waals surface area contributed by atoms with Gasteiger partial charge in [-0.2, -0.15) is 0 Å². The lowest BCUT2D eigenvalue weighted by Crippen LogP contribution is -2.33. The Balaban J connectivity index is 1.70. The van der Waals surface area contributed by atoms with Crippen LogP contribution in [0.3, 0.4) is 0 Å². The van der Waals surface area contributed by atoms with Gasteiger partial charge in [-0.25, -0.2) is 0 Å². The quantitative estimate of drug-likeness (QED) is 0.551. The number of halogens is 1. The molecule has 6 nitrogen and oxygen atoms in total. The van der Waals surface area contributed by atoms with Crippen LogP contribution in [0, 0.1) is 10.1 Å². The van der Waals surface area contributed by atoms with E-state index < -0.39 is 4.92 Å². The van der Waals surface area contributed by atoms with Crippen molar-refractivity contribution in [2.75, 3.05) is 13.1 Å². The van der Waals surface area contributed by atoms with E-state index in [0.717, 1.165) is 10.0 Å². The summed E-state index contributed by atoms with van der Waals surface area (Å²) in [4.78, 5) is 29.3.